The van der Waals surface area contributed by atoms with Gasteiger partial charge in [0.25, 0.3) is 5.91 Å². The summed E-state index contributed by atoms with van der Waals surface area (Å²) >= 11 is 0. The summed E-state index contributed by atoms with van der Waals surface area (Å²) in [6.45, 7) is 14.3. The lowest BCUT2D eigenvalue weighted by Crippen LogP contribution is -2.39. The van der Waals surface area contributed by atoms with Gasteiger partial charge in [-0.05, 0) is 42.5 Å². The van der Waals surface area contributed by atoms with Gasteiger partial charge in [0.05, 0.1) is 24.5 Å². The van der Waals surface area contributed by atoms with E-state index in [-0.39, 0.29) is 34.4 Å². The number of fused-ring (bicyclic) bond motifs is 1. The summed E-state index contributed by atoms with van der Waals surface area (Å²) in [5, 5.41) is 5.15. The molecule has 5 rings (SSSR count). The molecule has 0 unspecified atom stereocenters. The Hall–Kier alpha value is -4.78. The first-order valence-corrected chi connectivity index (χ1v) is 13.1. The van der Waals surface area contributed by atoms with Gasteiger partial charge in [0.1, 0.15) is 35.2 Å². The Labute approximate surface area is 231 Å². The van der Waals surface area contributed by atoms with Crippen LogP contribution >= 0.6 is 0 Å². The van der Waals surface area contributed by atoms with Crippen LogP contribution in [0.15, 0.2) is 66.6 Å². The number of amides is 1. The molecule has 4 aromatic rings. The summed E-state index contributed by atoms with van der Waals surface area (Å²) in [4.78, 5) is 27.1. The van der Waals surface area contributed by atoms with E-state index in [4.69, 9.17) is 22.1 Å². The highest BCUT2D eigenvalue weighted by atomic mass is 19.1. The van der Waals surface area contributed by atoms with Crippen molar-refractivity contribution in [1.29, 1.82) is 0 Å². The van der Waals surface area contributed by atoms with Gasteiger partial charge < -0.3 is 15.4 Å². The van der Waals surface area contributed by atoms with E-state index in [1.165, 1.54) is 12.4 Å². The van der Waals surface area contributed by atoms with Gasteiger partial charge in [0, 0.05) is 18.2 Å². The fraction of sp³-hybridized carbons (Fsp3) is 0.300. The molecule has 0 aliphatic carbocycles. The number of nitrogen functional groups attached to an aromatic ring is 1. The van der Waals surface area contributed by atoms with Crippen molar-refractivity contribution < 1.29 is 13.9 Å². The number of para-hydroxylation sites is 1. The van der Waals surface area contributed by atoms with Crippen molar-refractivity contribution in [3.8, 4) is 22.8 Å². The molecule has 40 heavy (non-hydrogen) atoms. The smallest absolute Gasteiger partial charge is 0.252 e. The van der Waals surface area contributed by atoms with Crippen molar-refractivity contribution in [1.82, 2.24) is 24.6 Å². The van der Waals surface area contributed by atoms with Gasteiger partial charge in [-0.3, -0.25) is 4.79 Å². The molecule has 10 heteroatoms. The number of allylic oxidation sites excluding steroid dienone is 1. The molecule has 2 aromatic carbocycles. The number of carbonyl (C=O) groups is 1. The van der Waals surface area contributed by atoms with Crippen LogP contribution in [0.25, 0.3) is 27.1 Å². The molecule has 204 valence electrons. The summed E-state index contributed by atoms with van der Waals surface area (Å²) in [5.74, 6) is 0.294. The maximum absolute atomic E-state index is 15.4. The lowest BCUT2D eigenvalue weighted by atomic mass is 9.95. The molecule has 3 heterocycles. The van der Waals surface area contributed by atoms with Crippen LogP contribution in [-0.2, 0) is 11.3 Å². The topological polar surface area (TPSA) is 104 Å². The predicted molar refractivity (Wildman–Crippen MR) is 151 cm³/mol. The van der Waals surface area contributed by atoms with Crippen LogP contribution in [0.3, 0.4) is 0 Å². The lowest BCUT2D eigenvalue weighted by molar-refractivity contribution is -0.127. The van der Waals surface area contributed by atoms with E-state index in [1.807, 2.05) is 39.0 Å². The second-order valence-electron chi connectivity index (χ2n) is 10.8. The molecule has 1 aliphatic rings. The molecule has 2 aromatic heterocycles. The molecule has 1 atom stereocenters. The third-order valence-electron chi connectivity index (χ3n) is 6.66. The van der Waals surface area contributed by atoms with Crippen LogP contribution in [0.2, 0.25) is 0 Å². The molecule has 0 saturated carbocycles. The summed E-state index contributed by atoms with van der Waals surface area (Å²) in [6, 6.07) is 13.5. The van der Waals surface area contributed by atoms with E-state index >= 15 is 4.39 Å². The van der Waals surface area contributed by atoms with Gasteiger partial charge in [-0.2, -0.15) is 5.10 Å². The maximum Gasteiger partial charge on any atom is 0.252 e. The van der Waals surface area contributed by atoms with Crippen LogP contribution in [0.5, 0.6) is 11.5 Å². The Kier molecular flexibility index (Phi) is 7.22. The molecule has 1 amide bonds. The number of carbonyl (C=O) groups excluding carboxylic acids is 1. The van der Waals surface area contributed by atoms with Gasteiger partial charge in [0.2, 0.25) is 5.70 Å². The summed E-state index contributed by atoms with van der Waals surface area (Å²) < 4.78 is 22.9. The zero-order valence-corrected chi connectivity index (χ0v) is 22.6. The van der Waals surface area contributed by atoms with Gasteiger partial charge >= 0.3 is 0 Å². The average Bonchev–Trinajstić information content (AvgIpc) is 3.53. The van der Waals surface area contributed by atoms with Crippen LogP contribution in [0.1, 0.15) is 33.6 Å². The molecule has 2 N–H and O–H groups in total. The molecule has 0 bridgehead atoms. The number of aromatic nitrogens is 4. The molecule has 1 aliphatic heterocycles. The quantitative estimate of drug-likeness (QED) is 0.244. The average molecular weight is 540 g/mol. The molecular formula is C30H30FN7O2. The molecule has 1 fully saturated rings. The Bertz CT molecular complexity index is 1630. The predicted octanol–water partition coefficient (Wildman–Crippen LogP) is 5.85. The van der Waals surface area contributed by atoms with Crippen molar-refractivity contribution >= 4 is 22.8 Å². The minimum absolute atomic E-state index is 0.108. The molecule has 1 saturated heterocycles. The summed E-state index contributed by atoms with van der Waals surface area (Å²) in [7, 11) is 0. The van der Waals surface area contributed by atoms with Gasteiger partial charge in [-0.15, -0.1) is 0 Å². The van der Waals surface area contributed by atoms with Crippen molar-refractivity contribution in [2.24, 2.45) is 5.41 Å². The highest BCUT2D eigenvalue weighted by Crippen LogP contribution is 2.35. The number of nitrogens with two attached hydrogens (primary N) is 1. The Morgan fingerprint density at radius 1 is 1.20 bits per heavy atom. The fourth-order valence-electron chi connectivity index (χ4n) is 4.91. The second-order valence-corrected chi connectivity index (χ2v) is 10.8. The number of likely N-dealkylation sites (tertiary alicyclic amines) is 1. The van der Waals surface area contributed by atoms with E-state index in [9.17, 15) is 4.79 Å². The fourth-order valence-corrected chi connectivity index (χ4v) is 4.91. The number of anilines is 1. The van der Waals surface area contributed by atoms with Crippen LogP contribution < -0.4 is 10.5 Å². The lowest BCUT2D eigenvalue weighted by Gasteiger charge is -2.25. The summed E-state index contributed by atoms with van der Waals surface area (Å²) in [5.41, 5.74) is 7.02. The molecule has 9 nitrogen and oxygen atoms in total. The highest BCUT2D eigenvalue weighted by molar-refractivity contribution is 5.98. The van der Waals surface area contributed by atoms with Gasteiger partial charge in [0.15, 0.2) is 5.65 Å². The Balaban J connectivity index is 1.48. The standard InChI is InChI=1S/C30H30FN7O2/c1-30(2,3)16-24(33-4)29(39)37-14-8-9-19(37)17-38-28-25(27(32)34-18-35-28)26(36-38)22-13-12-21(15-23(22)31)40-20-10-6-5-7-11-20/h5-7,10-13,15-16,18-19H,8-9,14,17H2,1-3H3,(H2,32,34,35)/b24-16+/t19-/m1/s1. The Morgan fingerprint density at radius 3 is 2.67 bits per heavy atom. The van der Waals surface area contributed by atoms with E-state index < -0.39 is 5.82 Å². The van der Waals surface area contributed by atoms with E-state index in [0.717, 1.165) is 12.8 Å². The monoisotopic (exact) mass is 539 g/mol. The highest BCUT2D eigenvalue weighted by Gasteiger charge is 2.33. The van der Waals surface area contributed by atoms with Crippen molar-refractivity contribution in [2.75, 3.05) is 12.3 Å². The van der Waals surface area contributed by atoms with Crippen molar-refractivity contribution in [3.05, 3.63) is 83.9 Å². The number of benzene rings is 2. The largest absolute Gasteiger partial charge is 0.457 e. The SMILES string of the molecule is [C-]#[N+]/C(=C/C(C)(C)C)C(=O)N1CCC[C@@H]1Cn1nc(-c2ccc(Oc3ccccc3)cc2F)c2c(N)ncnc21. The molecule has 0 radical (unpaired) electrons. The molecule has 0 spiro atoms. The van der Waals surface area contributed by atoms with Crippen LogP contribution in [-0.4, -0.2) is 43.1 Å². The van der Waals surface area contributed by atoms with E-state index in [2.05, 4.69) is 14.8 Å². The minimum Gasteiger partial charge on any atom is -0.457 e. The first kappa shape index (κ1) is 26.8. The van der Waals surface area contributed by atoms with Crippen LogP contribution in [0.4, 0.5) is 10.2 Å². The number of hydrogen-bond donors (Lipinski definition) is 1. The van der Waals surface area contributed by atoms with E-state index in [1.54, 1.807) is 39.9 Å². The second kappa shape index (κ2) is 10.8. The minimum atomic E-state index is -0.532. The zero-order chi connectivity index (χ0) is 28.4. The Morgan fingerprint density at radius 2 is 1.98 bits per heavy atom. The first-order valence-electron chi connectivity index (χ1n) is 13.1. The molecular weight excluding hydrogens is 509 g/mol. The van der Waals surface area contributed by atoms with Crippen LogP contribution in [0, 0.1) is 17.8 Å². The van der Waals surface area contributed by atoms with Gasteiger partial charge in [-0.25, -0.2) is 23.9 Å². The van der Waals surface area contributed by atoms with E-state index in [0.29, 0.717) is 41.3 Å². The number of hydrogen-bond acceptors (Lipinski definition) is 6. The number of nitrogens with zero attached hydrogens (tertiary/aromatic N) is 6. The van der Waals surface area contributed by atoms with Gasteiger partial charge in [-0.1, -0.05) is 45.0 Å². The number of rotatable bonds is 6. The third-order valence-corrected chi connectivity index (χ3v) is 6.66. The number of ether oxygens (including phenoxy) is 1. The maximum atomic E-state index is 15.4. The van der Waals surface area contributed by atoms with Crippen molar-refractivity contribution in [3.63, 3.8) is 0 Å². The zero-order valence-electron chi connectivity index (χ0n) is 22.6. The normalized spacial score (nSPS) is 15.8. The first-order chi connectivity index (χ1) is 19.1. The number of halogens is 1. The summed E-state index contributed by atoms with van der Waals surface area (Å²) in [6.07, 6.45) is 4.59. The third kappa shape index (κ3) is 5.50. The van der Waals surface area contributed by atoms with Crippen molar-refractivity contribution in [2.45, 2.75) is 46.2 Å².